The largest absolute Gasteiger partial charge is 0.465 e. The minimum Gasteiger partial charge on any atom is -0.465 e. The maximum absolute atomic E-state index is 6.20. The van der Waals surface area contributed by atoms with Crippen molar-refractivity contribution in [3.8, 4) is 0 Å². The van der Waals surface area contributed by atoms with Crippen LogP contribution in [-0.2, 0) is 6.42 Å². The molecule has 1 N–H and O–H groups in total. The number of furan rings is 1. The number of likely N-dealkylation sites (N-methyl/N-ethyl adjacent to an activating group) is 1. The molecule has 2 aromatic rings. The molecule has 1 atom stereocenters. The Kier molecular flexibility index (Phi) is 4.33. The zero-order chi connectivity index (χ0) is 13.1. The fraction of sp³-hybridized carbons (Fsp3) is 0.286. The molecule has 0 amide bonds. The molecule has 2 nitrogen and oxygen atoms in total. The molecule has 0 saturated carbocycles. The summed E-state index contributed by atoms with van der Waals surface area (Å²) in [6.07, 6.45) is 0.739. The van der Waals surface area contributed by atoms with E-state index in [1.807, 2.05) is 38.2 Å². The monoisotopic (exact) mass is 283 g/mol. The van der Waals surface area contributed by atoms with Gasteiger partial charge in [0.05, 0.1) is 16.1 Å². The fourth-order valence-corrected chi connectivity index (χ4v) is 2.31. The van der Waals surface area contributed by atoms with Gasteiger partial charge in [0.15, 0.2) is 0 Å². The van der Waals surface area contributed by atoms with Crippen molar-refractivity contribution in [1.82, 2.24) is 5.32 Å². The van der Waals surface area contributed by atoms with Gasteiger partial charge >= 0.3 is 0 Å². The van der Waals surface area contributed by atoms with Crippen molar-refractivity contribution in [2.75, 3.05) is 7.05 Å². The lowest BCUT2D eigenvalue weighted by Crippen LogP contribution is -2.18. The third-order valence-corrected chi connectivity index (χ3v) is 3.77. The van der Waals surface area contributed by atoms with Gasteiger partial charge in [-0.25, -0.2) is 0 Å². The van der Waals surface area contributed by atoms with Gasteiger partial charge in [0.2, 0.25) is 0 Å². The first kappa shape index (κ1) is 13.5. The van der Waals surface area contributed by atoms with Crippen molar-refractivity contribution in [2.45, 2.75) is 19.4 Å². The molecule has 1 aromatic heterocycles. The maximum Gasteiger partial charge on any atom is 0.121 e. The molecule has 0 aliphatic carbocycles. The lowest BCUT2D eigenvalue weighted by atomic mass is 10.0. The molecule has 1 unspecified atom stereocenters. The van der Waals surface area contributed by atoms with Crippen LogP contribution in [0.15, 0.2) is 34.7 Å². The molecular weight excluding hydrogens is 269 g/mol. The number of nitrogens with one attached hydrogen (secondary N) is 1. The fourth-order valence-electron chi connectivity index (χ4n) is 1.91. The molecule has 2 rings (SSSR count). The minimum absolute atomic E-state index is 0.0923. The molecule has 0 bridgehead atoms. The second-order valence-electron chi connectivity index (χ2n) is 4.21. The van der Waals surface area contributed by atoms with Gasteiger partial charge in [0, 0.05) is 0 Å². The molecule has 0 saturated heterocycles. The van der Waals surface area contributed by atoms with Crippen LogP contribution in [0.4, 0.5) is 0 Å². The van der Waals surface area contributed by atoms with E-state index in [0.29, 0.717) is 10.0 Å². The normalized spacial score (nSPS) is 12.7. The van der Waals surface area contributed by atoms with Gasteiger partial charge in [-0.2, -0.15) is 0 Å². The highest BCUT2D eigenvalue weighted by Gasteiger charge is 2.16. The van der Waals surface area contributed by atoms with E-state index < -0.39 is 0 Å². The van der Waals surface area contributed by atoms with Crippen LogP contribution < -0.4 is 5.32 Å². The van der Waals surface area contributed by atoms with Gasteiger partial charge in [-0.15, -0.1) is 0 Å². The van der Waals surface area contributed by atoms with Crippen LogP contribution in [-0.4, -0.2) is 7.05 Å². The molecule has 4 heteroatoms. The van der Waals surface area contributed by atoms with Gasteiger partial charge in [0.1, 0.15) is 11.5 Å². The first-order valence-electron chi connectivity index (χ1n) is 5.78. The first-order valence-corrected chi connectivity index (χ1v) is 6.54. The third kappa shape index (κ3) is 2.89. The molecule has 0 spiro atoms. The molecule has 1 aromatic carbocycles. The number of halogens is 2. The Hall–Kier alpha value is -0.960. The number of hydrogen-bond acceptors (Lipinski definition) is 2. The topological polar surface area (TPSA) is 25.2 Å². The van der Waals surface area contributed by atoms with E-state index in [0.717, 1.165) is 23.5 Å². The van der Waals surface area contributed by atoms with Crippen LogP contribution in [0.2, 0.25) is 10.0 Å². The Labute approximate surface area is 117 Å². The van der Waals surface area contributed by atoms with E-state index in [2.05, 4.69) is 5.32 Å². The quantitative estimate of drug-likeness (QED) is 0.900. The standard InChI is InChI=1S/C14H15Cl2NO/c1-9-6-7-13(18-9)12(17-2)8-10-4-3-5-11(15)14(10)16/h3-7,12,17H,8H2,1-2H3. The second-order valence-corrected chi connectivity index (χ2v) is 4.99. The summed E-state index contributed by atoms with van der Waals surface area (Å²) in [5.41, 5.74) is 1.01. The Bertz CT molecular complexity index is 536. The second kappa shape index (κ2) is 5.79. The molecule has 18 heavy (non-hydrogen) atoms. The van der Waals surface area contributed by atoms with Crippen LogP contribution in [0.25, 0.3) is 0 Å². The average molecular weight is 284 g/mol. The highest BCUT2D eigenvalue weighted by Crippen LogP contribution is 2.29. The lowest BCUT2D eigenvalue weighted by Gasteiger charge is -2.15. The summed E-state index contributed by atoms with van der Waals surface area (Å²) in [6, 6.07) is 9.71. The van der Waals surface area contributed by atoms with E-state index in [1.165, 1.54) is 0 Å². The summed E-state index contributed by atoms with van der Waals surface area (Å²) < 4.78 is 5.64. The molecule has 0 radical (unpaired) electrons. The van der Waals surface area contributed by atoms with Crippen LogP contribution in [0, 0.1) is 6.92 Å². The van der Waals surface area contributed by atoms with E-state index in [-0.39, 0.29) is 6.04 Å². The van der Waals surface area contributed by atoms with Gasteiger partial charge in [-0.05, 0) is 44.2 Å². The predicted molar refractivity (Wildman–Crippen MR) is 75.4 cm³/mol. The van der Waals surface area contributed by atoms with E-state index >= 15 is 0 Å². The van der Waals surface area contributed by atoms with Crippen molar-refractivity contribution >= 4 is 23.2 Å². The molecule has 0 aliphatic rings. The summed E-state index contributed by atoms with van der Waals surface area (Å²) >= 11 is 12.2. The van der Waals surface area contributed by atoms with E-state index in [4.69, 9.17) is 27.6 Å². The highest BCUT2D eigenvalue weighted by molar-refractivity contribution is 6.42. The minimum atomic E-state index is 0.0923. The van der Waals surface area contributed by atoms with Crippen molar-refractivity contribution in [3.63, 3.8) is 0 Å². The highest BCUT2D eigenvalue weighted by atomic mass is 35.5. The zero-order valence-electron chi connectivity index (χ0n) is 10.3. The Morgan fingerprint density at radius 2 is 2.00 bits per heavy atom. The van der Waals surface area contributed by atoms with E-state index in [9.17, 15) is 0 Å². The summed E-state index contributed by atoms with van der Waals surface area (Å²) in [7, 11) is 1.90. The molecular formula is C14H15Cl2NO. The van der Waals surface area contributed by atoms with E-state index in [1.54, 1.807) is 6.07 Å². The summed E-state index contributed by atoms with van der Waals surface area (Å²) in [5, 5.41) is 4.43. The van der Waals surface area contributed by atoms with Crippen molar-refractivity contribution in [1.29, 1.82) is 0 Å². The van der Waals surface area contributed by atoms with Crippen LogP contribution in [0.5, 0.6) is 0 Å². The molecule has 96 valence electrons. The number of rotatable bonds is 4. The Morgan fingerprint density at radius 1 is 1.22 bits per heavy atom. The first-order chi connectivity index (χ1) is 8.61. The molecule has 1 heterocycles. The Balaban J connectivity index is 2.23. The number of aryl methyl sites for hydroxylation is 1. The third-order valence-electron chi connectivity index (χ3n) is 2.91. The van der Waals surface area contributed by atoms with Crippen molar-refractivity contribution in [2.24, 2.45) is 0 Å². The predicted octanol–water partition coefficient (Wildman–Crippen LogP) is 4.40. The molecule has 0 aliphatic heterocycles. The van der Waals surface area contributed by atoms with Crippen LogP contribution in [0.3, 0.4) is 0 Å². The zero-order valence-corrected chi connectivity index (χ0v) is 11.8. The van der Waals surface area contributed by atoms with Gasteiger partial charge in [-0.1, -0.05) is 35.3 Å². The summed E-state index contributed by atoms with van der Waals surface area (Å²) in [6.45, 7) is 1.93. The SMILES string of the molecule is CNC(Cc1cccc(Cl)c1Cl)c1ccc(C)o1. The average Bonchev–Trinajstić information content (AvgIpc) is 2.78. The van der Waals surface area contributed by atoms with Gasteiger partial charge in [0.25, 0.3) is 0 Å². The maximum atomic E-state index is 6.20. The summed E-state index contributed by atoms with van der Waals surface area (Å²) in [4.78, 5) is 0. The van der Waals surface area contributed by atoms with Gasteiger partial charge in [-0.3, -0.25) is 0 Å². The van der Waals surface area contributed by atoms with Crippen molar-refractivity contribution in [3.05, 3.63) is 57.5 Å². The Morgan fingerprint density at radius 3 is 2.61 bits per heavy atom. The smallest absolute Gasteiger partial charge is 0.121 e. The van der Waals surface area contributed by atoms with Crippen LogP contribution in [0.1, 0.15) is 23.1 Å². The van der Waals surface area contributed by atoms with Crippen molar-refractivity contribution < 1.29 is 4.42 Å². The van der Waals surface area contributed by atoms with Gasteiger partial charge < -0.3 is 9.73 Å². The number of hydrogen-bond donors (Lipinski definition) is 1. The van der Waals surface area contributed by atoms with Crippen LogP contribution >= 0.6 is 23.2 Å². The lowest BCUT2D eigenvalue weighted by molar-refractivity contribution is 0.414. The molecule has 0 fully saturated rings. The number of benzene rings is 1. The summed E-state index contributed by atoms with van der Waals surface area (Å²) in [5.74, 6) is 1.81.